The molecular formula is C20H28N2O3. The Morgan fingerprint density at radius 1 is 1.28 bits per heavy atom. The third kappa shape index (κ3) is 3.47. The fraction of sp³-hybridized carbons (Fsp3) is 0.650. The van der Waals surface area contributed by atoms with Gasteiger partial charge in [-0.15, -0.1) is 0 Å². The van der Waals surface area contributed by atoms with Crippen molar-refractivity contribution in [3.8, 4) is 5.75 Å². The highest BCUT2D eigenvalue weighted by molar-refractivity contribution is 5.74. The molecular weight excluding hydrogens is 316 g/mol. The van der Waals surface area contributed by atoms with E-state index in [1.165, 1.54) is 19.3 Å². The van der Waals surface area contributed by atoms with Gasteiger partial charge in [-0.3, -0.25) is 0 Å². The molecule has 5 nitrogen and oxygen atoms in total. The Kier molecular flexibility index (Phi) is 4.36. The van der Waals surface area contributed by atoms with Crippen LogP contribution in [-0.4, -0.2) is 31.9 Å². The van der Waals surface area contributed by atoms with Gasteiger partial charge in [0.2, 0.25) is 0 Å². The van der Waals surface area contributed by atoms with Crippen molar-refractivity contribution in [1.29, 1.82) is 0 Å². The number of hydrogen-bond acceptors (Lipinski definition) is 3. The molecule has 1 heterocycles. The summed E-state index contributed by atoms with van der Waals surface area (Å²) >= 11 is 0. The zero-order valence-corrected chi connectivity index (χ0v) is 15.0. The number of fused-ring (bicyclic) bond motifs is 1. The summed E-state index contributed by atoms with van der Waals surface area (Å²) in [5.74, 6) is 0.928. The molecule has 2 N–H and O–H groups in total. The molecule has 1 aromatic rings. The van der Waals surface area contributed by atoms with E-state index < -0.39 is 0 Å². The summed E-state index contributed by atoms with van der Waals surface area (Å²) in [6.07, 6.45) is 7.63. The molecule has 1 aromatic carbocycles. The summed E-state index contributed by atoms with van der Waals surface area (Å²) in [6, 6.07) is 8.05. The molecule has 4 rings (SSSR count). The van der Waals surface area contributed by atoms with E-state index in [9.17, 15) is 4.79 Å². The molecule has 1 aliphatic heterocycles. The van der Waals surface area contributed by atoms with Crippen molar-refractivity contribution in [2.75, 3.05) is 20.3 Å². The van der Waals surface area contributed by atoms with Crippen LogP contribution in [0.4, 0.5) is 4.79 Å². The first-order valence-electron chi connectivity index (χ1n) is 9.45. The summed E-state index contributed by atoms with van der Waals surface area (Å²) in [4.78, 5) is 12.5. The Morgan fingerprint density at radius 2 is 2.08 bits per heavy atom. The topological polar surface area (TPSA) is 59.6 Å². The maximum absolute atomic E-state index is 12.5. The summed E-state index contributed by atoms with van der Waals surface area (Å²) in [5, 5.41) is 6.28. The van der Waals surface area contributed by atoms with Gasteiger partial charge in [0.05, 0.1) is 6.04 Å². The van der Waals surface area contributed by atoms with Crippen molar-refractivity contribution < 1.29 is 14.3 Å². The van der Waals surface area contributed by atoms with Gasteiger partial charge in [0.15, 0.2) is 0 Å². The van der Waals surface area contributed by atoms with Crippen molar-refractivity contribution in [3.63, 3.8) is 0 Å². The number of benzene rings is 1. The van der Waals surface area contributed by atoms with E-state index in [0.29, 0.717) is 0 Å². The Labute approximate surface area is 149 Å². The van der Waals surface area contributed by atoms with Crippen molar-refractivity contribution in [1.82, 2.24) is 10.6 Å². The van der Waals surface area contributed by atoms with Crippen LogP contribution in [0.3, 0.4) is 0 Å². The van der Waals surface area contributed by atoms with Crippen molar-refractivity contribution in [2.45, 2.75) is 56.6 Å². The van der Waals surface area contributed by atoms with E-state index in [0.717, 1.165) is 50.1 Å². The monoisotopic (exact) mass is 344 g/mol. The van der Waals surface area contributed by atoms with Gasteiger partial charge < -0.3 is 20.1 Å². The highest BCUT2D eigenvalue weighted by atomic mass is 16.5. The highest BCUT2D eigenvalue weighted by Gasteiger charge is 2.46. The van der Waals surface area contributed by atoms with Gasteiger partial charge in [-0.2, -0.15) is 0 Å². The summed E-state index contributed by atoms with van der Waals surface area (Å²) in [7, 11) is 1.73. The van der Waals surface area contributed by atoms with E-state index in [-0.39, 0.29) is 23.1 Å². The number of urea groups is 1. The molecule has 0 saturated heterocycles. The number of amides is 2. The molecule has 2 aliphatic carbocycles. The first-order chi connectivity index (χ1) is 12.1. The van der Waals surface area contributed by atoms with Gasteiger partial charge in [-0.05, 0) is 50.0 Å². The molecule has 136 valence electrons. The molecule has 5 heteroatoms. The van der Waals surface area contributed by atoms with Crippen LogP contribution in [0.5, 0.6) is 5.75 Å². The van der Waals surface area contributed by atoms with E-state index >= 15 is 0 Å². The van der Waals surface area contributed by atoms with Gasteiger partial charge in [0, 0.05) is 32.2 Å². The Balaban J connectivity index is 1.37. The number of rotatable bonds is 6. The first kappa shape index (κ1) is 16.7. The number of ether oxygens (including phenoxy) is 2. The van der Waals surface area contributed by atoms with Crippen molar-refractivity contribution in [2.24, 2.45) is 5.41 Å². The van der Waals surface area contributed by atoms with Gasteiger partial charge in [-0.1, -0.05) is 18.2 Å². The third-order valence-corrected chi connectivity index (χ3v) is 6.18. The molecule has 1 atom stereocenters. The quantitative estimate of drug-likeness (QED) is 0.830. The third-order valence-electron chi connectivity index (χ3n) is 6.18. The number of methoxy groups -OCH3 is 1. The minimum absolute atomic E-state index is 0.0272. The summed E-state index contributed by atoms with van der Waals surface area (Å²) < 4.78 is 11.4. The minimum Gasteiger partial charge on any atom is -0.487 e. The Bertz CT molecular complexity index is 638. The predicted octanol–water partition coefficient (Wildman–Crippen LogP) is 3.55. The van der Waals surface area contributed by atoms with Gasteiger partial charge in [-0.25, -0.2) is 4.79 Å². The second kappa shape index (κ2) is 6.52. The van der Waals surface area contributed by atoms with Crippen LogP contribution in [0.2, 0.25) is 0 Å². The fourth-order valence-corrected chi connectivity index (χ4v) is 4.11. The Morgan fingerprint density at radius 3 is 2.76 bits per heavy atom. The highest BCUT2D eigenvalue weighted by Crippen LogP contribution is 2.49. The molecule has 0 radical (unpaired) electrons. The summed E-state index contributed by atoms with van der Waals surface area (Å²) in [5.41, 5.74) is 1.29. The standard InChI is InChI=1S/C20H28N2O3/c1-24-12-11-19(9-10-19)14-21-18(23)22-16-13-20(7-4-8-20)25-17-6-3-2-5-15(16)17/h2-3,5-6,16H,4,7-14H2,1H3,(H2,21,22,23)/t16-/m1/s1. The van der Waals surface area contributed by atoms with Crippen molar-refractivity contribution in [3.05, 3.63) is 29.8 Å². The van der Waals surface area contributed by atoms with E-state index in [1.54, 1.807) is 7.11 Å². The summed E-state index contributed by atoms with van der Waals surface area (Å²) in [6.45, 7) is 1.50. The van der Waals surface area contributed by atoms with Crippen LogP contribution in [0.15, 0.2) is 24.3 Å². The van der Waals surface area contributed by atoms with E-state index in [1.807, 2.05) is 18.2 Å². The van der Waals surface area contributed by atoms with Crippen LogP contribution in [0.25, 0.3) is 0 Å². The number of nitrogens with one attached hydrogen (secondary N) is 2. The number of para-hydroxylation sites is 1. The number of carbonyl (C=O) groups excluding carboxylic acids is 1. The van der Waals surface area contributed by atoms with E-state index in [2.05, 4.69) is 16.7 Å². The molecule has 3 aliphatic rings. The zero-order chi connectivity index (χ0) is 17.3. The van der Waals surface area contributed by atoms with Crippen LogP contribution >= 0.6 is 0 Å². The lowest BCUT2D eigenvalue weighted by molar-refractivity contribution is -0.0355. The molecule has 1 spiro atoms. The normalized spacial score (nSPS) is 24.6. The van der Waals surface area contributed by atoms with Crippen LogP contribution < -0.4 is 15.4 Å². The lowest BCUT2D eigenvalue weighted by atomic mass is 9.73. The van der Waals surface area contributed by atoms with Crippen LogP contribution in [0, 0.1) is 5.41 Å². The lowest BCUT2D eigenvalue weighted by Gasteiger charge is -2.48. The van der Waals surface area contributed by atoms with Crippen LogP contribution in [-0.2, 0) is 4.74 Å². The molecule has 2 saturated carbocycles. The molecule has 25 heavy (non-hydrogen) atoms. The predicted molar refractivity (Wildman–Crippen MR) is 95.7 cm³/mol. The zero-order valence-electron chi connectivity index (χ0n) is 15.0. The minimum atomic E-state index is -0.0696. The number of carbonyl (C=O) groups is 1. The second-order valence-corrected chi connectivity index (χ2v) is 8.00. The van der Waals surface area contributed by atoms with E-state index in [4.69, 9.17) is 9.47 Å². The average Bonchev–Trinajstić information content (AvgIpc) is 3.37. The lowest BCUT2D eigenvalue weighted by Crippen LogP contribution is -2.51. The molecule has 2 amide bonds. The average molecular weight is 344 g/mol. The second-order valence-electron chi connectivity index (χ2n) is 8.00. The Hall–Kier alpha value is -1.75. The maximum atomic E-state index is 12.5. The SMILES string of the molecule is COCCC1(CNC(=O)N[C@@H]2CC3(CCC3)Oc3ccccc32)CC1. The largest absolute Gasteiger partial charge is 0.487 e. The molecule has 0 unspecified atom stereocenters. The van der Waals surface area contributed by atoms with Gasteiger partial charge in [0.25, 0.3) is 0 Å². The van der Waals surface area contributed by atoms with Crippen LogP contribution in [0.1, 0.15) is 56.6 Å². The smallest absolute Gasteiger partial charge is 0.315 e. The molecule has 2 fully saturated rings. The molecule has 0 aromatic heterocycles. The van der Waals surface area contributed by atoms with Gasteiger partial charge >= 0.3 is 6.03 Å². The molecule has 0 bridgehead atoms. The first-order valence-corrected chi connectivity index (χ1v) is 9.45. The maximum Gasteiger partial charge on any atom is 0.315 e. The van der Waals surface area contributed by atoms with Gasteiger partial charge in [0.1, 0.15) is 11.4 Å². The number of hydrogen-bond donors (Lipinski definition) is 2. The fourth-order valence-electron chi connectivity index (χ4n) is 4.11. The van der Waals surface area contributed by atoms with Crippen molar-refractivity contribution >= 4 is 6.03 Å².